The Morgan fingerprint density at radius 2 is 2.38 bits per heavy atom. The van der Waals surface area contributed by atoms with Gasteiger partial charge in [-0.2, -0.15) is 0 Å². The second kappa shape index (κ2) is 6.89. The largest absolute Gasteiger partial charge is 0.375 e. The summed E-state index contributed by atoms with van der Waals surface area (Å²) in [6.45, 7) is 4.29. The summed E-state index contributed by atoms with van der Waals surface area (Å²) in [7, 11) is 0. The van der Waals surface area contributed by atoms with Crippen LogP contribution in [0.5, 0.6) is 0 Å². The van der Waals surface area contributed by atoms with Gasteiger partial charge in [0.05, 0.1) is 5.60 Å². The Bertz CT molecular complexity index is 430. The summed E-state index contributed by atoms with van der Waals surface area (Å²) in [6.07, 6.45) is 12.5. The second-order valence-electron chi connectivity index (χ2n) is 6.76. The third-order valence-electron chi connectivity index (χ3n) is 5.20. The zero-order valence-corrected chi connectivity index (χ0v) is 13.2. The summed E-state index contributed by atoms with van der Waals surface area (Å²) in [5.74, 6) is 0.741. The molecule has 2 unspecified atom stereocenters. The Morgan fingerprint density at radius 3 is 3.05 bits per heavy atom. The molecule has 1 aromatic heterocycles. The van der Waals surface area contributed by atoms with Crippen molar-refractivity contribution in [3.8, 4) is 0 Å². The first kappa shape index (κ1) is 15.0. The summed E-state index contributed by atoms with van der Waals surface area (Å²) in [5.41, 5.74) is 1.59. The molecule has 3 nitrogen and oxygen atoms in total. The molecule has 1 aliphatic carbocycles. The van der Waals surface area contributed by atoms with Crippen LogP contribution >= 0.6 is 0 Å². The molecule has 0 amide bonds. The monoisotopic (exact) mass is 288 g/mol. The molecule has 3 rings (SSSR count). The lowest BCUT2D eigenvalue weighted by Gasteiger charge is -2.49. The smallest absolute Gasteiger partial charge is 0.0685 e. The molecule has 2 fully saturated rings. The summed E-state index contributed by atoms with van der Waals surface area (Å²) < 4.78 is 6.10. The normalized spacial score (nSPS) is 25.5. The van der Waals surface area contributed by atoms with Crippen LogP contribution in [0.25, 0.3) is 0 Å². The number of hydrogen-bond donors (Lipinski definition) is 1. The van der Waals surface area contributed by atoms with Crippen molar-refractivity contribution >= 4 is 0 Å². The highest BCUT2D eigenvalue weighted by molar-refractivity contribution is 5.11. The molecule has 1 spiro atoms. The van der Waals surface area contributed by atoms with Crippen LogP contribution in [0, 0.1) is 5.92 Å². The lowest BCUT2D eigenvalue weighted by molar-refractivity contribution is -0.147. The molecule has 2 heterocycles. The van der Waals surface area contributed by atoms with E-state index in [1.165, 1.54) is 44.1 Å². The maximum atomic E-state index is 6.10. The predicted octanol–water partition coefficient (Wildman–Crippen LogP) is 3.34. The van der Waals surface area contributed by atoms with Crippen LogP contribution in [0.2, 0.25) is 0 Å². The molecule has 1 aliphatic heterocycles. The van der Waals surface area contributed by atoms with Crippen molar-refractivity contribution in [3.63, 3.8) is 0 Å². The fourth-order valence-electron chi connectivity index (χ4n) is 3.84. The topological polar surface area (TPSA) is 34.2 Å². The third-order valence-corrected chi connectivity index (χ3v) is 5.20. The molecule has 0 radical (unpaired) electrons. The number of pyridine rings is 1. The van der Waals surface area contributed by atoms with Gasteiger partial charge >= 0.3 is 0 Å². The fourth-order valence-corrected chi connectivity index (χ4v) is 3.84. The highest BCUT2D eigenvalue weighted by Crippen LogP contribution is 2.45. The van der Waals surface area contributed by atoms with E-state index in [2.05, 4.69) is 23.3 Å². The molecule has 2 atom stereocenters. The van der Waals surface area contributed by atoms with Gasteiger partial charge in [0.15, 0.2) is 0 Å². The third kappa shape index (κ3) is 3.64. The van der Waals surface area contributed by atoms with E-state index in [1.807, 2.05) is 18.5 Å². The van der Waals surface area contributed by atoms with Gasteiger partial charge < -0.3 is 10.1 Å². The van der Waals surface area contributed by atoms with Crippen LogP contribution in [0.4, 0.5) is 0 Å². The van der Waals surface area contributed by atoms with Gasteiger partial charge in [-0.15, -0.1) is 0 Å². The van der Waals surface area contributed by atoms with E-state index in [4.69, 9.17) is 4.74 Å². The Kier molecular flexibility index (Phi) is 4.91. The van der Waals surface area contributed by atoms with Crippen LogP contribution in [-0.2, 0) is 11.2 Å². The average Bonchev–Trinajstić information content (AvgIpc) is 2.51. The van der Waals surface area contributed by atoms with E-state index in [9.17, 15) is 0 Å². The van der Waals surface area contributed by atoms with Gasteiger partial charge in [0.2, 0.25) is 0 Å². The number of aromatic nitrogens is 1. The fraction of sp³-hybridized carbons (Fsp3) is 0.722. The maximum absolute atomic E-state index is 6.10. The van der Waals surface area contributed by atoms with E-state index in [-0.39, 0.29) is 5.60 Å². The number of nitrogens with one attached hydrogen (secondary N) is 1. The molecule has 1 saturated carbocycles. The van der Waals surface area contributed by atoms with Gasteiger partial charge in [0.25, 0.3) is 0 Å². The van der Waals surface area contributed by atoms with Crippen molar-refractivity contribution in [1.29, 1.82) is 0 Å². The first-order chi connectivity index (χ1) is 10.3. The molecule has 0 aromatic carbocycles. The van der Waals surface area contributed by atoms with Crippen molar-refractivity contribution in [2.75, 3.05) is 13.2 Å². The van der Waals surface area contributed by atoms with Crippen LogP contribution in [-0.4, -0.2) is 29.8 Å². The highest BCUT2D eigenvalue weighted by Gasteiger charge is 2.44. The van der Waals surface area contributed by atoms with Gasteiger partial charge in [-0.3, -0.25) is 4.98 Å². The summed E-state index contributed by atoms with van der Waals surface area (Å²) >= 11 is 0. The molecule has 1 saturated heterocycles. The number of hydrogen-bond acceptors (Lipinski definition) is 3. The lowest BCUT2D eigenvalue weighted by Crippen LogP contribution is -2.51. The molecule has 3 heteroatoms. The Balaban J connectivity index is 1.66. The molecular formula is C18H28N2O. The van der Waals surface area contributed by atoms with Gasteiger partial charge in [-0.05, 0) is 69.0 Å². The molecule has 0 bridgehead atoms. The number of rotatable bonds is 6. The second-order valence-corrected chi connectivity index (χ2v) is 6.76. The van der Waals surface area contributed by atoms with Crippen molar-refractivity contribution in [2.45, 2.75) is 63.5 Å². The van der Waals surface area contributed by atoms with Crippen molar-refractivity contribution < 1.29 is 4.74 Å². The minimum Gasteiger partial charge on any atom is -0.375 e. The van der Waals surface area contributed by atoms with Crippen LogP contribution in [0.1, 0.15) is 51.0 Å². The van der Waals surface area contributed by atoms with Crippen molar-refractivity contribution in [3.05, 3.63) is 30.1 Å². The van der Waals surface area contributed by atoms with Crippen LogP contribution in [0.3, 0.4) is 0 Å². The first-order valence-electron chi connectivity index (χ1n) is 8.57. The molecule has 21 heavy (non-hydrogen) atoms. The SMILES string of the molecule is CCCNC(Cc1cccnc1)C1CCOC2(CCC2)C1. The molecule has 116 valence electrons. The van der Waals surface area contributed by atoms with E-state index in [1.54, 1.807) is 0 Å². The Morgan fingerprint density at radius 1 is 1.48 bits per heavy atom. The number of ether oxygens (including phenoxy) is 1. The minimum atomic E-state index is 0.240. The van der Waals surface area contributed by atoms with E-state index < -0.39 is 0 Å². The van der Waals surface area contributed by atoms with Crippen LogP contribution < -0.4 is 5.32 Å². The minimum absolute atomic E-state index is 0.240. The molecule has 1 N–H and O–H groups in total. The van der Waals surface area contributed by atoms with Crippen molar-refractivity contribution in [1.82, 2.24) is 10.3 Å². The maximum Gasteiger partial charge on any atom is 0.0685 e. The van der Waals surface area contributed by atoms with Gasteiger partial charge in [0.1, 0.15) is 0 Å². The lowest BCUT2D eigenvalue weighted by atomic mass is 9.70. The van der Waals surface area contributed by atoms with Crippen LogP contribution in [0.15, 0.2) is 24.5 Å². The predicted molar refractivity (Wildman–Crippen MR) is 85.3 cm³/mol. The molecule has 1 aromatic rings. The molecular weight excluding hydrogens is 260 g/mol. The summed E-state index contributed by atoms with van der Waals surface area (Å²) in [6, 6.07) is 4.81. The Hall–Kier alpha value is -0.930. The summed E-state index contributed by atoms with van der Waals surface area (Å²) in [5, 5.41) is 3.79. The number of nitrogens with zero attached hydrogens (tertiary/aromatic N) is 1. The van der Waals surface area contributed by atoms with Crippen molar-refractivity contribution in [2.24, 2.45) is 5.92 Å². The zero-order chi connectivity index (χ0) is 14.5. The van der Waals surface area contributed by atoms with E-state index in [0.29, 0.717) is 6.04 Å². The zero-order valence-electron chi connectivity index (χ0n) is 13.2. The Labute approximate surface area is 128 Å². The summed E-state index contributed by atoms with van der Waals surface area (Å²) in [4.78, 5) is 4.27. The van der Waals surface area contributed by atoms with E-state index >= 15 is 0 Å². The van der Waals surface area contributed by atoms with E-state index in [0.717, 1.165) is 25.5 Å². The quantitative estimate of drug-likeness (QED) is 0.871. The van der Waals surface area contributed by atoms with Gasteiger partial charge in [-0.1, -0.05) is 13.0 Å². The first-order valence-corrected chi connectivity index (χ1v) is 8.57. The highest BCUT2D eigenvalue weighted by atomic mass is 16.5. The van der Waals surface area contributed by atoms with Gasteiger partial charge in [-0.25, -0.2) is 0 Å². The molecule has 2 aliphatic rings. The van der Waals surface area contributed by atoms with Gasteiger partial charge in [0, 0.05) is 25.0 Å². The average molecular weight is 288 g/mol. The standard InChI is InChI=1S/C18H28N2O/c1-2-9-20-17(12-15-5-3-10-19-14-15)16-6-11-21-18(13-16)7-4-8-18/h3,5,10,14,16-17,20H,2,4,6-9,11-13H2,1H3.